The zero-order valence-corrected chi connectivity index (χ0v) is 19.6. The minimum absolute atomic E-state index is 0.0562. The number of amidine groups is 1. The second-order valence-electron chi connectivity index (χ2n) is 9.26. The van der Waals surface area contributed by atoms with Crippen molar-refractivity contribution in [1.82, 2.24) is 19.8 Å². The predicted octanol–water partition coefficient (Wildman–Crippen LogP) is 2.62. The number of amides is 1. The molecule has 1 fully saturated rings. The highest BCUT2D eigenvalue weighted by Crippen LogP contribution is 2.33. The van der Waals surface area contributed by atoms with E-state index in [0.717, 1.165) is 59.8 Å². The highest BCUT2D eigenvalue weighted by atomic mass is 16.5. The van der Waals surface area contributed by atoms with Crippen LogP contribution in [0.5, 0.6) is 0 Å². The van der Waals surface area contributed by atoms with Gasteiger partial charge in [-0.3, -0.25) is 10.2 Å². The Hall–Kier alpha value is -3.13. The summed E-state index contributed by atoms with van der Waals surface area (Å²) in [6, 6.07) is 6.75. The van der Waals surface area contributed by atoms with Crippen LogP contribution >= 0.6 is 0 Å². The fourth-order valence-electron chi connectivity index (χ4n) is 4.82. The highest BCUT2D eigenvalue weighted by molar-refractivity contribution is 6.09. The van der Waals surface area contributed by atoms with Crippen molar-refractivity contribution in [2.45, 2.75) is 39.2 Å². The van der Waals surface area contributed by atoms with E-state index in [4.69, 9.17) is 4.74 Å². The smallest absolute Gasteiger partial charge is 0.219 e. The Balaban J connectivity index is 1.45. The summed E-state index contributed by atoms with van der Waals surface area (Å²) in [5.74, 6) is 1.54. The highest BCUT2D eigenvalue weighted by Gasteiger charge is 2.31. The number of hydrogen-bond donors (Lipinski definition) is 2. The number of rotatable bonds is 4. The molecule has 0 saturated carbocycles. The maximum absolute atomic E-state index is 12.1. The van der Waals surface area contributed by atoms with Crippen molar-refractivity contribution in [3.05, 3.63) is 47.1 Å². The second-order valence-corrected chi connectivity index (χ2v) is 9.26. The van der Waals surface area contributed by atoms with E-state index in [2.05, 4.69) is 39.6 Å². The van der Waals surface area contributed by atoms with Crippen LogP contribution in [-0.2, 0) is 23.0 Å². The molecule has 8 nitrogen and oxygen atoms in total. The number of carbonyl (C=O) groups is 1. The molecule has 0 unspecified atom stereocenters. The maximum Gasteiger partial charge on any atom is 0.219 e. The molecule has 174 valence electrons. The van der Waals surface area contributed by atoms with Gasteiger partial charge in [0.25, 0.3) is 0 Å². The lowest BCUT2D eigenvalue weighted by atomic mass is 9.96. The van der Waals surface area contributed by atoms with Crippen molar-refractivity contribution in [2.24, 2.45) is 7.05 Å². The van der Waals surface area contributed by atoms with Crippen molar-refractivity contribution in [3.8, 4) is 11.3 Å². The Labute approximate surface area is 194 Å². The number of ether oxygens (including phenoxy) is 1. The van der Waals surface area contributed by atoms with Crippen LogP contribution in [-0.4, -0.2) is 65.1 Å². The Bertz CT molecular complexity index is 1110. The lowest BCUT2D eigenvalue weighted by molar-refractivity contribution is -0.128. The minimum Gasteiger partial charge on any atom is -0.381 e. The summed E-state index contributed by atoms with van der Waals surface area (Å²) >= 11 is 0. The largest absolute Gasteiger partial charge is 0.381 e. The van der Waals surface area contributed by atoms with Crippen molar-refractivity contribution in [3.63, 3.8) is 0 Å². The van der Waals surface area contributed by atoms with Crippen molar-refractivity contribution in [2.75, 3.05) is 37.7 Å². The molecule has 1 saturated heterocycles. The van der Waals surface area contributed by atoms with Crippen LogP contribution in [0.1, 0.15) is 31.2 Å². The standard InChI is InChI=1S/C25H32N6O2/c1-16-27-23(13-29(16)3)18-6-7-24-19(11-18)5-4-9-31(24)25(26)21-12-30(17(2)32)10-8-22(21)28-20-14-33-15-20/h6-7,11,13,20,26,28H,4-5,8-10,12,14-15H2,1-3H3. The van der Waals surface area contributed by atoms with E-state index in [9.17, 15) is 10.2 Å². The molecule has 3 aliphatic heterocycles. The molecule has 0 radical (unpaired) electrons. The number of fused-ring (bicyclic) bond motifs is 1. The third kappa shape index (κ3) is 4.15. The van der Waals surface area contributed by atoms with Gasteiger partial charge in [0.15, 0.2) is 0 Å². The van der Waals surface area contributed by atoms with Gasteiger partial charge >= 0.3 is 0 Å². The van der Waals surface area contributed by atoms with Crippen molar-refractivity contribution < 1.29 is 9.53 Å². The maximum atomic E-state index is 12.1. The Kier molecular flexibility index (Phi) is 5.70. The lowest BCUT2D eigenvalue weighted by Crippen LogP contribution is -2.50. The molecule has 0 atom stereocenters. The molecule has 8 heteroatoms. The third-order valence-electron chi connectivity index (χ3n) is 6.97. The molecular weight excluding hydrogens is 416 g/mol. The van der Waals surface area contributed by atoms with Gasteiger partial charge in [-0.15, -0.1) is 0 Å². The summed E-state index contributed by atoms with van der Waals surface area (Å²) in [4.78, 5) is 20.7. The number of imidazole rings is 1. The first-order valence-electron chi connectivity index (χ1n) is 11.7. The molecular formula is C25H32N6O2. The van der Waals surface area contributed by atoms with E-state index >= 15 is 0 Å². The molecule has 2 aromatic rings. The van der Waals surface area contributed by atoms with Crippen molar-refractivity contribution >= 4 is 17.4 Å². The number of nitrogens with one attached hydrogen (secondary N) is 2. The molecule has 0 bridgehead atoms. The summed E-state index contributed by atoms with van der Waals surface area (Å²) in [6.07, 6.45) is 4.78. The monoisotopic (exact) mass is 448 g/mol. The van der Waals surface area contributed by atoms with Gasteiger partial charge in [0.1, 0.15) is 11.7 Å². The third-order valence-corrected chi connectivity index (χ3v) is 6.97. The molecule has 0 aliphatic carbocycles. The molecule has 0 spiro atoms. The quantitative estimate of drug-likeness (QED) is 0.555. The van der Waals surface area contributed by atoms with E-state index in [1.165, 1.54) is 5.56 Å². The number of hydrogen-bond acceptors (Lipinski definition) is 5. The number of aryl methyl sites for hydroxylation is 3. The van der Waals surface area contributed by atoms with E-state index in [-0.39, 0.29) is 5.91 Å². The summed E-state index contributed by atoms with van der Waals surface area (Å²) in [6.45, 7) is 6.97. The van der Waals surface area contributed by atoms with E-state index in [0.29, 0.717) is 38.2 Å². The number of aromatic nitrogens is 2. The van der Waals surface area contributed by atoms with Gasteiger partial charge in [0.05, 0.1) is 31.5 Å². The first-order valence-corrected chi connectivity index (χ1v) is 11.7. The second kappa shape index (κ2) is 8.67. The minimum atomic E-state index is 0.0562. The van der Waals surface area contributed by atoms with Gasteiger partial charge < -0.3 is 24.4 Å². The first kappa shape index (κ1) is 21.7. The number of carbonyl (C=O) groups excluding carboxylic acids is 1. The first-order chi connectivity index (χ1) is 15.9. The van der Waals surface area contributed by atoms with Gasteiger partial charge in [-0.1, -0.05) is 6.07 Å². The summed E-state index contributed by atoms with van der Waals surface area (Å²) in [5.41, 5.74) is 6.42. The number of benzene rings is 1. The Morgan fingerprint density at radius 3 is 2.73 bits per heavy atom. The van der Waals surface area contributed by atoms with Crippen LogP contribution < -0.4 is 10.2 Å². The van der Waals surface area contributed by atoms with Gasteiger partial charge in [0.2, 0.25) is 5.91 Å². The molecule has 1 aromatic heterocycles. The van der Waals surface area contributed by atoms with E-state index in [1.807, 2.05) is 23.4 Å². The van der Waals surface area contributed by atoms with Gasteiger partial charge in [-0.05, 0) is 37.5 Å². The topological polar surface area (TPSA) is 86.5 Å². The SMILES string of the molecule is CC(=O)N1CCC(NC2COC2)=C(C(=N)N2CCCc3cc(-c4cn(C)c(C)n4)ccc32)C1. The average molecular weight is 449 g/mol. The fraction of sp³-hybridized carbons (Fsp3) is 0.480. The molecule has 4 heterocycles. The molecule has 33 heavy (non-hydrogen) atoms. The molecule has 1 aromatic carbocycles. The summed E-state index contributed by atoms with van der Waals surface area (Å²) in [7, 11) is 2.01. The molecule has 3 aliphatic rings. The van der Waals surface area contributed by atoms with E-state index in [1.54, 1.807) is 6.92 Å². The lowest BCUT2D eigenvalue weighted by Gasteiger charge is -2.38. The van der Waals surface area contributed by atoms with Gasteiger partial charge in [-0.2, -0.15) is 0 Å². The van der Waals surface area contributed by atoms with Crippen LogP contribution in [0.3, 0.4) is 0 Å². The van der Waals surface area contributed by atoms with E-state index < -0.39 is 0 Å². The molecule has 1 amide bonds. The van der Waals surface area contributed by atoms with Crippen LogP contribution in [0.4, 0.5) is 5.69 Å². The summed E-state index contributed by atoms with van der Waals surface area (Å²) in [5, 5.41) is 12.8. The van der Waals surface area contributed by atoms with Crippen LogP contribution in [0.25, 0.3) is 11.3 Å². The Morgan fingerprint density at radius 1 is 1.24 bits per heavy atom. The Morgan fingerprint density at radius 2 is 2.06 bits per heavy atom. The average Bonchev–Trinajstić information content (AvgIpc) is 3.13. The normalized spacial score (nSPS) is 18.8. The fourth-order valence-corrected chi connectivity index (χ4v) is 4.82. The van der Waals surface area contributed by atoms with Crippen molar-refractivity contribution in [1.29, 1.82) is 5.41 Å². The van der Waals surface area contributed by atoms with Gasteiger partial charge in [-0.25, -0.2) is 4.98 Å². The van der Waals surface area contributed by atoms with Crippen LogP contribution in [0, 0.1) is 12.3 Å². The predicted molar refractivity (Wildman–Crippen MR) is 128 cm³/mol. The van der Waals surface area contributed by atoms with Gasteiger partial charge in [0, 0.05) is 62.2 Å². The zero-order valence-electron chi connectivity index (χ0n) is 19.6. The summed E-state index contributed by atoms with van der Waals surface area (Å²) < 4.78 is 7.37. The zero-order chi connectivity index (χ0) is 23.1. The number of anilines is 1. The molecule has 2 N–H and O–H groups in total. The number of nitrogens with zero attached hydrogens (tertiary/aromatic N) is 4. The molecule has 5 rings (SSSR count). The van der Waals surface area contributed by atoms with Crippen LogP contribution in [0.15, 0.2) is 35.7 Å². The van der Waals surface area contributed by atoms with Crippen LogP contribution in [0.2, 0.25) is 0 Å².